The molecule has 1 aromatic heterocycles. The van der Waals surface area contributed by atoms with Crippen LogP contribution in [0.5, 0.6) is 0 Å². The SMILES string of the molecule is Cc1ccc2c(c1)-c1cc(C)nn1C(c1ccc(Cl)cc1Cl)N2. The largest absolute Gasteiger partial charge is 0.359 e. The zero-order chi connectivity index (χ0) is 16.1. The topological polar surface area (TPSA) is 29.9 Å². The number of nitrogens with zero attached hydrogens (tertiary/aromatic N) is 2. The third-order valence-electron chi connectivity index (χ3n) is 4.10. The second-order valence-electron chi connectivity index (χ2n) is 5.88. The molecule has 1 atom stereocenters. The number of rotatable bonds is 1. The molecule has 1 N–H and O–H groups in total. The number of fused-ring (bicyclic) bond motifs is 3. The molecule has 1 aliphatic heterocycles. The molecule has 1 unspecified atom stereocenters. The molecule has 23 heavy (non-hydrogen) atoms. The van der Waals surface area contributed by atoms with Gasteiger partial charge in [0.1, 0.15) is 6.17 Å². The molecule has 0 saturated carbocycles. The number of hydrogen-bond acceptors (Lipinski definition) is 2. The molecule has 116 valence electrons. The molecular formula is C18H15Cl2N3. The van der Waals surface area contributed by atoms with Crippen LogP contribution >= 0.6 is 23.2 Å². The Bertz CT molecular complexity index is 915. The summed E-state index contributed by atoms with van der Waals surface area (Å²) in [7, 11) is 0. The van der Waals surface area contributed by atoms with E-state index in [0.29, 0.717) is 10.0 Å². The Morgan fingerprint density at radius 1 is 1.04 bits per heavy atom. The van der Waals surface area contributed by atoms with Crippen molar-refractivity contribution in [1.29, 1.82) is 0 Å². The lowest BCUT2D eigenvalue weighted by Gasteiger charge is -2.30. The standard InChI is InChI=1S/C18H15Cl2N3/c1-10-3-6-16-14(7-10)17-8-11(2)22-23(17)18(21-16)13-5-4-12(19)9-15(13)20/h3-9,18,21H,1-2H3. The number of aryl methyl sites for hydroxylation is 2. The predicted octanol–water partition coefficient (Wildman–Crippen LogP) is 5.45. The van der Waals surface area contributed by atoms with E-state index in [1.165, 1.54) is 5.56 Å². The molecule has 4 rings (SSSR count). The van der Waals surface area contributed by atoms with Gasteiger partial charge in [-0.1, -0.05) is 40.9 Å². The van der Waals surface area contributed by atoms with E-state index in [9.17, 15) is 0 Å². The van der Waals surface area contributed by atoms with Crippen molar-refractivity contribution in [1.82, 2.24) is 9.78 Å². The van der Waals surface area contributed by atoms with E-state index < -0.39 is 0 Å². The summed E-state index contributed by atoms with van der Waals surface area (Å²) in [4.78, 5) is 0. The Labute approximate surface area is 144 Å². The molecule has 0 saturated heterocycles. The number of benzene rings is 2. The van der Waals surface area contributed by atoms with Crippen LogP contribution in [-0.4, -0.2) is 9.78 Å². The van der Waals surface area contributed by atoms with Crippen LogP contribution in [-0.2, 0) is 0 Å². The number of nitrogens with one attached hydrogen (secondary N) is 1. The van der Waals surface area contributed by atoms with Crippen molar-refractivity contribution in [3.8, 4) is 11.3 Å². The molecule has 5 heteroatoms. The molecule has 0 fully saturated rings. The van der Waals surface area contributed by atoms with Crippen molar-refractivity contribution >= 4 is 28.9 Å². The van der Waals surface area contributed by atoms with Crippen molar-refractivity contribution in [2.24, 2.45) is 0 Å². The second-order valence-corrected chi connectivity index (χ2v) is 6.72. The van der Waals surface area contributed by atoms with Crippen LogP contribution in [0.25, 0.3) is 11.3 Å². The van der Waals surface area contributed by atoms with Crippen LogP contribution in [0, 0.1) is 13.8 Å². The lowest BCUT2D eigenvalue weighted by atomic mass is 10.0. The molecule has 0 aliphatic carbocycles. The van der Waals surface area contributed by atoms with Crippen molar-refractivity contribution in [2.45, 2.75) is 20.0 Å². The van der Waals surface area contributed by atoms with Gasteiger partial charge in [0.15, 0.2) is 0 Å². The highest BCUT2D eigenvalue weighted by Crippen LogP contribution is 2.40. The first-order valence-electron chi connectivity index (χ1n) is 7.41. The smallest absolute Gasteiger partial charge is 0.148 e. The Morgan fingerprint density at radius 2 is 1.87 bits per heavy atom. The van der Waals surface area contributed by atoms with Crippen LogP contribution in [0.3, 0.4) is 0 Å². The molecule has 0 amide bonds. The quantitative estimate of drug-likeness (QED) is 0.636. The Morgan fingerprint density at radius 3 is 2.65 bits per heavy atom. The molecule has 3 aromatic rings. The number of anilines is 1. The van der Waals surface area contributed by atoms with Crippen molar-refractivity contribution in [2.75, 3.05) is 5.32 Å². The number of hydrogen-bond donors (Lipinski definition) is 1. The van der Waals surface area contributed by atoms with Gasteiger partial charge in [0, 0.05) is 26.9 Å². The predicted molar refractivity (Wildman–Crippen MR) is 95.4 cm³/mol. The summed E-state index contributed by atoms with van der Waals surface area (Å²) in [5.74, 6) is 0. The van der Waals surface area contributed by atoms with Crippen molar-refractivity contribution < 1.29 is 0 Å². The van der Waals surface area contributed by atoms with Gasteiger partial charge < -0.3 is 5.32 Å². The van der Waals surface area contributed by atoms with Crippen LogP contribution in [0.1, 0.15) is 23.0 Å². The minimum atomic E-state index is -0.154. The molecule has 0 bridgehead atoms. The van der Waals surface area contributed by atoms with Gasteiger partial charge in [0.25, 0.3) is 0 Å². The highest BCUT2D eigenvalue weighted by Gasteiger charge is 2.27. The van der Waals surface area contributed by atoms with Gasteiger partial charge in [-0.2, -0.15) is 5.10 Å². The van der Waals surface area contributed by atoms with E-state index in [-0.39, 0.29) is 6.17 Å². The van der Waals surface area contributed by atoms with Gasteiger partial charge in [0.2, 0.25) is 0 Å². The Balaban J connectivity index is 1.92. The van der Waals surface area contributed by atoms with E-state index in [1.807, 2.05) is 23.7 Å². The summed E-state index contributed by atoms with van der Waals surface area (Å²) >= 11 is 12.5. The van der Waals surface area contributed by atoms with Gasteiger partial charge >= 0.3 is 0 Å². The first kappa shape index (κ1) is 14.6. The van der Waals surface area contributed by atoms with Gasteiger partial charge in [-0.15, -0.1) is 0 Å². The molecular weight excluding hydrogens is 329 g/mol. The summed E-state index contributed by atoms with van der Waals surface area (Å²) in [6, 6.07) is 14.1. The normalized spacial score (nSPS) is 15.7. The highest BCUT2D eigenvalue weighted by molar-refractivity contribution is 6.35. The third kappa shape index (κ3) is 2.41. The van der Waals surface area contributed by atoms with E-state index in [0.717, 1.165) is 28.2 Å². The molecule has 1 aliphatic rings. The van der Waals surface area contributed by atoms with Crippen LogP contribution < -0.4 is 5.32 Å². The average Bonchev–Trinajstić information content (AvgIpc) is 2.89. The van der Waals surface area contributed by atoms with E-state index in [2.05, 4.69) is 41.6 Å². The lowest BCUT2D eigenvalue weighted by Crippen LogP contribution is -2.26. The fourth-order valence-electron chi connectivity index (χ4n) is 3.05. The van der Waals surface area contributed by atoms with E-state index in [1.54, 1.807) is 6.07 Å². The number of halogens is 2. The van der Waals surface area contributed by atoms with Crippen LogP contribution in [0.4, 0.5) is 5.69 Å². The summed E-state index contributed by atoms with van der Waals surface area (Å²) in [5.41, 5.74) is 6.48. The summed E-state index contributed by atoms with van der Waals surface area (Å²) in [6.07, 6.45) is -0.154. The molecule has 0 radical (unpaired) electrons. The van der Waals surface area contributed by atoms with E-state index in [4.69, 9.17) is 23.2 Å². The summed E-state index contributed by atoms with van der Waals surface area (Å²) in [6.45, 7) is 4.09. The van der Waals surface area contributed by atoms with Gasteiger partial charge in [-0.3, -0.25) is 0 Å². The van der Waals surface area contributed by atoms with Crippen molar-refractivity contribution in [3.05, 3.63) is 69.3 Å². The van der Waals surface area contributed by atoms with Crippen LogP contribution in [0.15, 0.2) is 42.5 Å². The Hall–Kier alpha value is -1.97. The fraction of sp³-hybridized carbons (Fsp3) is 0.167. The maximum Gasteiger partial charge on any atom is 0.148 e. The Kier molecular flexibility index (Phi) is 3.36. The average molecular weight is 344 g/mol. The third-order valence-corrected chi connectivity index (χ3v) is 4.67. The first-order chi connectivity index (χ1) is 11.0. The monoisotopic (exact) mass is 343 g/mol. The molecule has 3 nitrogen and oxygen atoms in total. The van der Waals surface area contributed by atoms with Gasteiger partial charge in [-0.25, -0.2) is 4.68 Å². The first-order valence-corrected chi connectivity index (χ1v) is 8.17. The fourth-order valence-corrected chi connectivity index (χ4v) is 3.56. The van der Waals surface area contributed by atoms with E-state index >= 15 is 0 Å². The minimum Gasteiger partial charge on any atom is -0.359 e. The summed E-state index contributed by atoms with van der Waals surface area (Å²) < 4.78 is 1.99. The zero-order valence-electron chi connectivity index (χ0n) is 12.8. The highest BCUT2D eigenvalue weighted by atomic mass is 35.5. The van der Waals surface area contributed by atoms with Gasteiger partial charge in [0.05, 0.1) is 11.4 Å². The van der Waals surface area contributed by atoms with Crippen LogP contribution in [0.2, 0.25) is 10.0 Å². The molecule has 0 spiro atoms. The molecule has 2 heterocycles. The zero-order valence-corrected chi connectivity index (χ0v) is 14.3. The molecule has 2 aromatic carbocycles. The summed E-state index contributed by atoms with van der Waals surface area (Å²) in [5, 5.41) is 9.46. The van der Waals surface area contributed by atoms with Gasteiger partial charge in [-0.05, 0) is 44.2 Å². The second kappa shape index (κ2) is 5.29. The minimum absolute atomic E-state index is 0.154. The van der Waals surface area contributed by atoms with Crippen molar-refractivity contribution in [3.63, 3.8) is 0 Å². The number of aromatic nitrogens is 2. The maximum absolute atomic E-state index is 6.42. The maximum atomic E-state index is 6.42. The lowest BCUT2D eigenvalue weighted by molar-refractivity contribution is 0.571.